The van der Waals surface area contributed by atoms with Gasteiger partial charge in [-0.2, -0.15) is 0 Å². The van der Waals surface area contributed by atoms with E-state index < -0.39 is 6.17 Å². The number of nitrogens with one attached hydrogen (secondary N) is 2. The molecule has 5 heteroatoms. The quantitative estimate of drug-likeness (QED) is 0.692. The van der Waals surface area contributed by atoms with E-state index in [0.717, 1.165) is 25.8 Å². The zero-order valence-corrected chi connectivity index (χ0v) is 15.0. The molecule has 4 N–H and O–H groups in total. The van der Waals surface area contributed by atoms with Gasteiger partial charge >= 0.3 is 0 Å². The first-order valence-electron chi connectivity index (χ1n) is 9.60. The van der Waals surface area contributed by atoms with Crippen molar-refractivity contribution in [2.75, 3.05) is 13.6 Å². The Morgan fingerprint density at radius 1 is 1.17 bits per heavy atom. The number of nitrogens with zero attached hydrogens (tertiary/aromatic N) is 1. The third-order valence-electron chi connectivity index (χ3n) is 6.82. The summed E-state index contributed by atoms with van der Waals surface area (Å²) in [6, 6.07) is 1.65. The van der Waals surface area contributed by atoms with Crippen LogP contribution in [0.1, 0.15) is 52.4 Å². The predicted molar refractivity (Wildman–Crippen MR) is 92.7 cm³/mol. The minimum atomic E-state index is -0.591. The third kappa shape index (κ3) is 3.44. The van der Waals surface area contributed by atoms with Crippen LogP contribution in [-0.4, -0.2) is 49.1 Å². The van der Waals surface area contributed by atoms with Crippen LogP contribution in [0, 0.1) is 17.8 Å². The second-order valence-corrected chi connectivity index (χ2v) is 8.17. The molecule has 0 aromatic carbocycles. The molecule has 0 bridgehead atoms. The molecule has 2 heterocycles. The zero-order valence-electron chi connectivity index (χ0n) is 15.0. The lowest BCUT2D eigenvalue weighted by Crippen LogP contribution is -2.58. The Balaban J connectivity index is 1.71. The van der Waals surface area contributed by atoms with Gasteiger partial charge in [-0.1, -0.05) is 6.92 Å². The van der Waals surface area contributed by atoms with Crippen LogP contribution in [0.3, 0.4) is 0 Å². The van der Waals surface area contributed by atoms with Crippen molar-refractivity contribution < 1.29 is 4.39 Å². The molecule has 134 valence electrons. The number of hydrogen-bond donors (Lipinski definition) is 3. The van der Waals surface area contributed by atoms with Crippen molar-refractivity contribution in [3.8, 4) is 0 Å². The van der Waals surface area contributed by atoms with Gasteiger partial charge in [-0.25, -0.2) is 4.39 Å². The monoisotopic (exact) mass is 326 g/mol. The van der Waals surface area contributed by atoms with Crippen molar-refractivity contribution >= 4 is 0 Å². The van der Waals surface area contributed by atoms with Crippen LogP contribution in [0.5, 0.6) is 0 Å². The van der Waals surface area contributed by atoms with Gasteiger partial charge in [0.2, 0.25) is 0 Å². The Morgan fingerprint density at radius 3 is 2.65 bits per heavy atom. The van der Waals surface area contributed by atoms with Gasteiger partial charge in [0.25, 0.3) is 0 Å². The van der Waals surface area contributed by atoms with E-state index in [9.17, 15) is 4.39 Å². The third-order valence-corrected chi connectivity index (χ3v) is 6.82. The van der Waals surface area contributed by atoms with Crippen LogP contribution < -0.4 is 16.4 Å². The summed E-state index contributed by atoms with van der Waals surface area (Å²) in [5, 5.41) is 7.00. The van der Waals surface area contributed by atoms with E-state index in [1.807, 2.05) is 7.05 Å². The Hall–Kier alpha value is -0.230. The normalized spacial score (nSPS) is 47.1. The van der Waals surface area contributed by atoms with Crippen LogP contribution in [0.15, 0.2) is 0 Å². The van der Waals surface area contributed by atoms with Gasteiger partial charge in [-0.05, 0) is 76.8 Å². The van der Waals surface area contributed by atoms with Crippen LogP contribution in [-0.2, 0) is 0 Å². The first-order chi connectivity index (χ1) is 11.0. The van der Waals surface area contributed by atoms with Crippen LogP contribution in [0.4, 0.5) is 4.39 Å². The second kappa shape index (κ2) is 7.34. The molecule has 0 radical (unpaired) electrons. The molecule has 3 rings (SSSR count). The first-order valence-corrected chi connectivity index (χ1v) is 9.60. The molecule has 0 spiro atoms. The Kier molecular flexibility index (Phi) is 5.61. The predicted octanol–water partition coefficient (Wildman–Crippen LogP) is 2.05. The Bertz CT molecular complexity index is 393. The van der Waals surface area contributed by atoms with Crippen LogP contribution in [0.25, 0.3) is 0 Å². The maximum absolute atomic E-state index is 13.8. The van der Waals surface area contributed by atoms with E-state index in [-0.39, 0.29) is 12.2 Å². The van der Waals surface area contributed by atoms with E-state index in [1.165, 1.54) is 19.3 Å². The standard InChI is InChI=1S/C18H35FN4/c1-11-10-13(5-6-15(11)19)17-14(8-9-22-17)16-7-4-12(2)23(16)18(20)21-3/h11-18,21-22H,4-10,20H2,1-3H3. The van der Waals surface area contributed by atoms with E-state index >= 15 is 0 Å². The topological polar surface area (TPSA) is 53.3 Å². The van der Waals surface area contributed by atoms with Crippen molar-refractivity contribution in [2.24, 2.45) is 23.5 Å². The summed E-state index contributed by atoms with van der Waals surface area (Å²) in [6.07, 6.45) is 5.89. The fraction of sp³-hybridized carbons (Fsp3) is 1.00. The molecule has 8 unspecified atom stereocenters. The SMILES string of the molecule is CNC(N)N1C(C)CCC1C1CCNC1C1CCC(F)C(C)C1. The van der Waals surface area contributed by atoms with Gasteiger partial charge in [0.15, 0.2) is 0 Å². The lowest BCUT2D eigenvalue weighted by atomic mass is 9.73. The van der Waals surface area contributed by atoms with Crippen molar-refractivity contribution in [3.63, 3.8) is 0 Å². The molecule has 2 aliphatic heterocycles. The van der Waals surface area contributed by atoms with Gasteiger partial charge in [0, 0.05) is 18.1 Å². The molecule has 0 aromatic heterocycles. The van der Waals surface area contributed by atoms with Crippen molar-refractivity contribution in [1.82, 2.24) is 15.5 Å². The summed E-state index contributed by atoms with van der Waals surface area (Å²) >= 11 is 0. The zero-order chi connectivity index (χ0) is 16.6. The average molecular weight is 327 g/mol. The highest BCUT2D eigenvalue weighted by Crippen LogP contribution is 2.41. The van der Waals surface area contributed by atoms with E-state index in [0.29, 0.717) is 30.0 Å². The average Bonchev–Trinajstić information content (AvgIpc) is 3.15. The summed E-state index contributed by atoms with van der Waals surface area (Å²) in [6.45, 7) is 5.49. The van der Waals surface area contributed by atoms with E-state index in [1.54, 1.807) is 0 Å². The fourth-order valence-corrected chi connectivity index (χ4v) is 5.52. The molecule has 1 saturated carbocycles. The number of likely N-dealkylation sites (tertiary alicyclic amines) is 1. The molecule has 0 aromatic rings. The molecule has 23 heavy (non-hydrogen) atoms. The molecule has 1 aliphatic carbocycles. The molecule has 4 nitrogen and oxygen atoms in total. The van der Waals surface area contributed by atoms with Crippen molar-refractivity contribution in [3.05, 3.63) is 0 Å². The highest BCUT2D eigenvalue weighted by molar-refractivity contribution is 5.01. The number of hydrogen-bond acceptors (Lipinski definition) is 4. The molecule has 2 saturated heterocycles. The van der Waals surface area contributed by atoms with Crippen molar-refractivity contribution in [1.29, 1.82) is 0 Å². The Morgan fingerprint density at radius 2 is 1.96 bits per heavy atom. The second-order valence-electron chi connectivity index (χ2n) is 8.17. The van der Waals surface area contributed by atoms with E-state index in [2.05, 4.69) is 29.4 Å². The molecular weight excluding hydrogens is 291 g/mol. The van der Waals surface area contributed by atoms with Gasteiger partial charge in [-0.3, -0.25) is 10.2 Å². The lowest BCUT2D eigenvalue weighted by molar-refractivity contribution is 0.0579. The van der Waals surface area contributed by atoms with Crippen molar-refractivity contribution in [2.45, 2.75) is 83.0 Å². The maximum Gasteiger partial charge on any atom is 0.112 e. The molecule has 3 aliphatic rings. The number of rotatable bonds is 4. The van der Waals surface area contributed by atoms with Gasteiger partial charge in [0.1, 0.15) is 12.5 Å². The minimum absolute atomic E-state index is 0.0562. The minimum Gasteiger partial charge on any atom is -0.313 e. The van der Waals surface area contributed by atoms with Gasteiger partial charge < -0.3 is 11.1 Å². The molecular formula is C18H35FN4. The highest BCUT2D eigenvalue weighted by atomic mass is 19.1. The van der Waals surface area contributed by atoms with Gasteiger partial charge in [-0.15, -0.1) is 0 Å². The summed E-state index contributed by atoms with van der Waals surface area (Å²) in [5.41, 5.74) is 6.34. The Labute approximate surface area is 140 Å². The summed E-state index contributed by atoms with van der Waals surface area (Å²) in [5.74, 6) is 1.51. The first kappa shape index (κ1) is 17.6. The number of alkyl halides is 1. The molecule has 8 atom stereocenters. The maximum atomic E-state index is 13.8. The fourth-order valence-electron chi connectivity index (χ4n) is 5.52. The summed E-state index contributed by atoms with van der Waals surface area (Å²) in [7, 11) is 1.95. The van der Waals surface area contributed by atoms with Crippen LogP contribution >= 0.6 is 0 Å². The molecule has 0 amide bonds. The lowest BCUT2D eigenvalue weighted by Gasteiger charge is -2.42. The van der Waals surface area contributed by atoms with Gasteiger partial charge in [0.05, 0.1) is 0 Å². The smallest absolute Gasteiger partial charge is 0.112 e. The van der Waals surface area contributed by atoms with Crippen LogP contribution in [0.2, 0.25) is 0 Å². The largest absolute Gasteiger partial charge is 0.313 e. The molecule has 3 fully saturated rings. The summed E-state index contributed by atoms with van der Waals surface area (Å²) < 4.78 is 13.8. The highest BCUT2D eigenvalue weighted by Gasteiger charge is 2.46. The number of halogens is 1. The van der Waals surface area contributed by atoms with E-state index in [4.69, 9.17) is 5.73 Å². The summed E-state index contributed by atoms with van der Waals surface area (Å²) in [4.78, 5) is 2.49. The number of nitrogens with two attached hydrogens (primary N) is 1.